The predicted octanol–water partition coefficient (Wildman–Crippen LogP) is 1.72. The fraction of sp³-hybridized carbons (Fsp3) is 0.500. The molecule has 0 N–H and O–H groups in total. The van der Waals surface area contributed by atoms with Gasteiger partial charge in [-0.1, -0.05) is 13.3 Å². The van der Waals surface area contributed by atoms with Gasteiger partial charge in [0.1, 0.15) is 5.75 Å². The number of aromatic nitrogens is 1. The third-order valence-corrected chi connectivity index (χ3v) is 2.27. The van der Waals surface area contributed by atoms with Gasteiger partial charge in [0.25, 0.3) is 5.91 Å². The Bertz CT molecular complexity index is 314. The molecule has 0 saturated carbocycles. The number of pyridine rings is 1. The Hall–Kier alpha value is -1.58. The van der Waals surface area contributed by atoms with E-state index in [0.29, 0.717) is 5.75 Å². The van der Waals surface area contributed by atoms with Crippen LogP contribution in [0.25, 0.3) is 0 Å². The van der Waals surface area contributed by atoms with Gasteiger partial charge in [-0.25, -0.2) is 0 Å². The van der Waals surface area contributed by atoms with Crippen molar-refractivity contribution in [1.82, 2.24) is 9.88 Å². The van der Waals surface area contributed by atoms with E-state index >= 15 is 0 Å². The fourth-order valence-electron chi connectivity index (χ4n) is 1.21. The summed E-state index contributed by atoms with van der Waals surface area (Å²) in [5.74, 6) is 0.622. The summed E-state index contributed by atoms with van der Waals surface area (Å²) in [6.45, 7) is 2.96. The molecule has 0 spiro atoms. The second kappa shape index (κ2) is 6.82. The summed E-state index contributed by atoms with van der Waals surface area (Å²) in [7, 11) is 1.80. The maximum atomic E-state index is 11.6. The third-order valence-electron chi connectivity index (χ3n) is 2.27. The number of carbonyl (C=O) groups excluding carboxylic acids is 1. The molecular weight excluding hydrogens is 204 g/mol. The summed E-state index contributed by atoms with van der Waals surface area (Å²) >= 11 is 0. The average Bonchev–Trinajstić information content (AvgIpc) is 2.34. The van der Waals surface area contributed by atoms with Crippen molar-refractivity contribution in [2.75, 3.05) is 20.2 Å². The van der Waals surface area contributed by atoms with E-state index in [1.165, 1.54) is 0 Å². The molecule has 1 rings (SSSR count). The molecule has 0 atom stereocenters. The summed E-state index contributed by atoms with van der Waals surface area (Å²) in [6.07, 6.45) is 5.37. The fourth-order valence-corrected chi connectivity index (χ4v) is 1.21. The first-order valence-corrected chi connectivity index (χ1v) is 5.51. The Labute approximate surface area is 96.2 Å². The molecule has 0 bridgehead atoms. The van der Waals surface area contributed by atoms with Crippen LogP contribution in [0.4, 0.5) is 0 Å². The van der Waals surface area contributed by atoms with Crippen LogP contribution in [0.2, 0.25) is 0 Å². The van der Waals surface area contributed by atoms with E-state index < -0.39 is 0 Å². The van der Waals surface area contributed by atoms with E-state index in [9.17, 15) is 4.79 Å². The van der Waals surface area contributed by atoms with Crippen LogP contribution in [0.1, 0.15) is 19.8 Å². The minimum atomic E-state index is -0.00250. The van der Waals surface area contributed by atoms with Crippen molar-refractivity contribution in [3.63, 3.8) is 0 Å². The summed E-state index contributed by atoms with van der Waals surface area (Å²) in [5.41, 5.74) is 0. The number of rotatable bonds is 6. The van der Waals surface area contributed by atoms with E-state index in [0.717, 1.165) is 19.4 Å². The van der Waals surface area contributed by atoms with E-state index in [-0.39, 0.29) is 12.5 Å². The maximum Gasteiger partial charge on any atom is 0.260 e. The van der Waals surface area contributed by atoms with E-state index in [2.05, 4.69) is 11.9 Å². The number of ether oxygens (including phenoxy) is 1. The molecule has 0 radical (unpaired) electrons. The van der Waals surface area contributed by atoms with Gasteiger partial charge in [0.15, 0.2) is 6.61 Å². The number of unbranched alkanes of at least 4 members (excludes halogenated alkanes) is 1. The zero-order chi connectivity index (χ0) is 11.8. The van der Waals surface area contributed by atoms with Crippen LogP contribution >= 0.6 is 0 Å². The molecule has 16 heavy (non-hydrogen) atoms. The van der Waals surface area contributed by atoms with Crippen LogP contribution in [0.5, 0.6) is 5.75 Å². The first kappa shape index (κ1) is 12.5. The molecule has 0 aliphatic carbocycles. The Kier molecular flexibility index (Phi) is 5.32. The molecule has 1 aromatic heterocycles. The topological polar surface area (TPSA) is 42.4 Å². The van der Waals surface area contributed by atoms with Gasteiger partial charge in [0.2, 0.25) is 0 Å². The molecule has 0 saturated heterocycles. The molecule has 0 unspecified atom stereocenters. The van der Waals surface area contributed by atoms with Crippen molar-refractivity contribution in [2.45, 2.75) is 19.8 Å². The standard InChI is InChI=1S/C12H18N2O2/c1-3-4-8-14(2)12(15)10-16-11-6-5-7-13-9-11/h5-7,9H,3-4,8,10H2,1-2H3. The second-order valence-electron chi connectivity index (χ2n) is 3.65. The smallest absolute Gasteiger partial charge is 0.260 e. The number of hydrogen-bond donors (Lipinski definition) is 0. The van der Waals surface area contributed by atoms with Gasteiger partial charge in [0, 0.05) is 19.8 Å². The van der Waals surface area contributed by atoms with Crippen LogP contribution in [0.3, 0.4) is 0 Å². The molecule has 0 aromatic carbocycles. The van der Waals surface area contributed by atoms with Crippen LogP contribution < -0.4 is 4.74 Å². The van der Waals surface area contributed by atoms with Crippen LogP contribution in [-0.2, 0) is 4.79 Å². The van der Waals surface area contributed by atoms with Crippen LogP contribution in [0, 0.1) is 0 Å². The molecule has 4 heteroatoms. The molecular formula is C12H18N2O2. The quantitative estimate of drug-likeness (QED) is 0.736. The van der Waals surface area contributed by atoms with Gasteiger partial charge in [0.05, 0.1) is 6.20 Å². The molecule has 1 amide bonds. The van der Waals surface area contributed by atoms with Gasteiger partial charge >= 0.3 is 0 Å². The minimum Gasteiger partial charge on any atom is -0.482 e. The number of likely N-dealkylation sites (N-methyl/N-ethyl adjacent to an activating group) is 1. The third kappa shape index (κ3) is 4.29. The normalized spacial score (nSPS) is 9.88. The SMILES string of the molecule is CCCCN(C)C(=O)COc1cccnc1. The van der Waals surface area contributed by atoms with Gasteiger partial charge in [-0.3, -0.25) is 9.78 Å². The summed E-state index contributed by atoms with van der Waals surface area (Å²) < 4.78 is 5.32. The monoisotopic (exact) mass is 222 g/mol. The highest BCUT2D eigenvalue weighted by molar-refractivity contribution is 5.77. The zero-order valence-corrected chi connectivity index (χ0v) is 9.85. The van der Waals surface area contributed by atoms with Crippen LogP contribution in [-0.4, -0.2) is 36.0 Å². The first-order chi connectivity index (χ1) is 7.74. The second-order valence-corrected chi connectivity index (χ2v) is 3.65. The van der Waals surface area contributed by atoms with E-state index in [4.69, 9.17) is 4.74 Å². The van der Waals surface area contributed by atoms with Gasteiger partial charge in [-0.15, -0.1) is 0 Å². The lowest BCUT2D eigenvalue weighted by Gasteiger charge is -2.16. The highest BCUT2D eigenvalue weighted by atomic mass is 16.5. The predicted molar refractivity (Wildman–Crippen MR) is 62.3 cm³/mol. The van der Waals surface area contributed by atoms with Crippen LogP contribution in [0.15, 0.2) is 24.5 Å². The maximum absolute atomic E-state index is 11.6. The lowest BCUT2D eigenvalue weighted by molar-refractivity contribution is -0.132. The van der Waals surface area contributed by atoms with Crippen molar-refractivity contribution in [3.05, 3.63) is 24.5 Å². The van der Waals surface area contributed by atoms with Gasteiger partial charge < -0.3 is 9.64 Å². The Morgan fingerprint density at radius 3 is 3.00 bits per heavy atom. The van der Waals surface area contributed by atoms with E-state index in [1.807, 2.05) is 0 Å². The van der Waals surface area contributed by atoms with Crippen molar-refractivity contribution in [3.8, 4) is 5.75 Å². The number of hydrogen-bond acceptors (Lipinski definition) is 3. The Balaban J connectivity index is 2.29. The van der Waals surface area contributed by atoms with Crippen molar-refractivity contribution in [1.29, 1.82) is 0 Å². The van der Waals surface area contributed by atoms with Crippen molar-refractivity contribution in [2.24, 2.45) is 0 Å². The first-order valence-electron chi connectivity index (χ1n) is 5.51. The number of amides is 1. The molecule has 4 nitrogen and oxygen atoms in total. The highest BCUT2D eigenvalue weighted by Crippen LogP contribution is 2.06. The lowest BCUT2D eigenvalue weighted by Crippen LogP contribution is -2.32. The Morgan fingerprint density at radius 2 is 2.38 bits per heavy atom. The zero-order valence-electron chi connectivity index (χ0n) is 9.85. The van der Waals surface area contributed by atoms with E-state index in [1.54, 1.807) is 36.5 Å². The summed E-state index contributed by atoms with van der Waals surface area (Å²) in [6, 6.07) is 3.56. The molecule has 1 aromatic rings. The van der Waals surface area contributed by atoms with Crippen molar-refractivity contribution < 1.29 is 9.53 Å². The van der Waals surface area contributed by atoms with Gasteiger partial charge in [-0.2, -0.15) is 0 Å². The molecule has 0 aliphatic heterocycles. The molecule has 0 aliphatic rings. The summed E-state index contributed by atoms with van der Waals surface area (Å²) in [5, 5.41) is 0. The molecule has 88 valence electrons. The van der Waals surface area contributed by atoms with Crippen molar-refractivity contribution >= 4 is 5.91 Å². The Morgan fingerprint density at radius 1 is 1.56 bits per heavy atom. The lowest BCUT2D eigenvalue weighted by atomic mass is 10.3. The number of nitrogens with zero attached hydrogens (tertiary/aromatic N) is 2. The minimum absolute atomic E-state index is 0.00250. The highest BCUT2D eigenvalue weighted by Gasteiger charge is 2.08. The number of carbonyl (C=O) groups is 1. The largest absolute Gasteiger partial charge is 0.482 e. The molecule has 1 heterocycles. The molecule has 0 fully saturated rings. The van der Waals surface area contributed by atoms with Gasteiger partial charge in [-0.05, 0) is 18.6 Å². The summed E-state index contributed by atoms with van der Waals surface area (Å²) in [4.78, 5) is 17.2. The average molecular weight is 222 g/mol.